The highest BCUT2D eigenvalue weighted by molar-refractivity contribution is 7.84. The normalized spacial score (nSPS) is 12.4. The molecule has 1 aromatic heterocycles. The third-order valence-electron chi connectivity index (χ3n) is 3.16. The summed E-state index contributed by atoms with van der Waals surface area (Å²) in [5.41, 5.74) is 2.18. The Kier molecular flexibility index (Phi) is 5.16. The number of aromatic nitrogens is 2. The van der Waals surface area contributed by atoms with Crippen LogP contribution >= 0.6 is 11.6 Å². The molecule has 1 unspecified atom stereocenters. The van der Waals surface area contributed by atoms with Crippen molar-refractivity contribution in [1.82, 2.24) is 9.55 Å². The van der Waals surface area contributed by atoms with Crippen molar-refractivity contribution in [1.29, 1.82) is 5.26 Å². The van der Waals surface area contributed by atoms with Crippen LogP contribution in [0, 0.1) is 11.3 Å². The third kappa shape index (κ3) is 3.02. The van der Waals surface area contributed by atoms with Crippen molar-refractivity contribution in [2.45, 2.75) is 19.9 Å². The number of imidazole rings is 1. The van der Waals surface area contributed by atoms with E-state index >= 15 is 0 Å². The molecule has 2 aromatic rings. The average molecular weight is 310 g/mol. The molecule has 1 atom stereocenters. The Labute approximate surface area is 125 Å². The first kappa shape index (κ1) is 15.0. The Hall–Kier alpha value is -1.38. The fourth-order valence-corrected chi connectivity index (χ4v) is 2.99. The van der Waals surface area contributed by atoms with E-state index < -0.39 is 10.8 Å². The maximum Gasteiger partial charge on any atom is 0.111 e. The average Bonchev–Trinajstić information content (AvgIpc) is 2.82. The van der Waals surface area contributed by atoms with Crippen LogP contribution in [0.25, 0.3) is 11.0 Å². The smallest absolute Gasteiger partial charge is 0.111 e. The number of nitriles is 1. The minimum Gasteiger partial charge on any atom is -0.327 e. The van der Waals surface area contributed by atoms with Gasteiger partial charge in [0.15, 0.2) is 0 Å². The summed E-state index contributed by atoms with van der Waals surface area (Å²) < 4.78 is 13.7. The lowest BCUT2D eigenvalue weighted by molar-refractivity contribution is 0.671. The predicted octanol–water partition coefficient (Wildman–Crippen LogP) is 2.46. The molecular formula is C14H16ClN3OS. The third-order valence-corrected chi connectivity index (χ3v) is 4.63. The second kappa shape index (κ2) is 6.87. The lowest BCUT2D eigenvalue weighted by atomic mass is 10.2. The van der Waals surface area contributed by atoms with E-state index in [1.54, 1.807) is 6.07 Å². The summed E-state index contributed by atoms with van der Waals surface area (Å²) in [5.74, 6) is 2.57. The van der Waals surface area contributed by atoms with Crippen LogP contribution < -0.4 is 0 Å². The fourth-order valence-electron chi connectivity index (χ4n) is 2.15. The topological polar surface area (TPSA) is 58.7 Å². The molecule has 0 fully saturated rings. The van der Waals surface area contributed by atoms with E-state index in [1.807, 2.05) is 23.6 Å². The molecule has 1 aromatic carbocycles. The number of hydrogen-bond donors (Lipinski definition) is 0. The van der Waals surface area contributed by atoms with E-state index in [4.69, 9.17) is 16.9 Å². The van der Waals surface area contributed by atoms with Gasteiger partial charge in [0, 0.05) is 41.2 Å². The number of fused-ring (bicyclic) bond motifs is 1. The molecule has 0 aliphatic rings. The van der Waals surface area contributed by atoms with Crippen LogP contribution in [-0.4, -0.2) is 31.1 Å². The molecule has 0 saturated carbocycles. The molecule has 0 saturated heterocycles. The van der Waals surface area contributed by atoms with E-state index in [-0.39, 0.29) is 0 Å². The Morgan fingerprint density at radius 1 is 1.50 bits per heavy atom. The Balaban J connectivity index is 2.46. The van der Waals surface area contributed by atoms with Gasteiger partial charge in [-0.05, 0) is 12.1 Å². The zero-order chi connectivity index (χ0) is 14.5. The molecule has 0 bridgehead atoms. The molecule has 0 radical (unpaired) electrons. The van der Waals surface area contributed by atoms with E-state index in [2.05, 4.69) is 11.1 Å². The molecule has 0 amide bonds. The molecule has 6 heteroatoms. The van der Waals surface area contributed by atoms with E-state index in [1.165, 1.54) is 0 Å². The SMILES string of the molecule is CCS(=O)CCn1c(CCCl)nc2c(C#N)cccc21. The fraction of sp³-hybridized carbons (Fsp3) is 0.429. The summed E-state index contributed by atoms with van der Waals surface area (Å²) in [6, 6.07) is 7.71. The van der Waals surface area contributed by atoms with Gasteiger partial charge in [-0.2, -0.15) is 5.26 Å². The quantitative estimate of drug-likeness (QED) is 0.770. The number of benzene rings is 1. The minimum atomic E-state index is -0.820. The van der Waals surface area contributed by atoms with Crippen molar-refractivity contribution in [3.63, 3.8) is 0 Å². The van der Waals surface area contributed by atoms with Gasteiger partial charge in [0.2, 0.25) is 0 Å². The van der Waals surface area contributed by atoms with Crippen LogP contribution in [0.1, 0.15) is 18.3 Å². The van der Waals surface area contributed by atoms with Crippen LogP contribution in [0.2, 0.25) is 0 Å². The number of hydrogen-bond acceptors (Lipinski definition) is 3. The summed E-state index contributed by atoms with van der Waals surface area (Å²) >= 11 is 5.82. The van der Waals surface area contributed by atoms with Gasteiger partial charge < -0.3 is 4.57 Å². The van der Waals surface area contributed by atoms with Crippen molar-refractivity contribution in [3.8, 4) is 6.07 Å². The lowest BCUT2D eigenvalue weighted by Crippen LogP contribution is -2.12. The minimum absolute atomic E-state index is 0.474. The number of nitrogens with zero attached hydrogens (tertiary/aromatic N) is 3. The van der Waals surface area contributed by atoms with Gasteiger partial charge in [-0.15, -0.1) is 11.6 Å². The van der Waals surface area contributed by atoms with Gasteiger partial charge in [-0.3, -0.25) is 4.21 Å². The summed E-state index contributed by atoms with van der Waals surface area (Å²) in [5, 5.41) is 9.15. The van der Waals surface area contributed by atoms with E-state index in [9.17, 15) is 4.21 Å². The molecule has 4 nitrogen and oxygen atoms in total. The van der Waals surface area contributed by atoms with Gasteiger partial charge in [-0.25, -0.2) is 4.98 Å². The molecule has 0 spiro atoms. The van der Waals surface area contributed by atoms with Gasteiger partial charge in [0.05, 0.1) is 11.1 Å². The molecule has 0 aliphatic heterocycles. The first-order valence-corrected chi connectivity index (χ1v) is 8.52. The molecular weight excluding hydrogens is 294 g/mol. The van der Waals surface area contributed by atoms with Crippen LogP contribution in [0.5, 0.6) is 0 Å². The zero-order valence-corrected chi connectivity index (χ0v) is 12.9. The maximum atomic E-state index is 11.6. The van der Waals surface area contributed by atoms with Crippen LogP contribution in [0.15, 0.2) is 18.2 Å². The van der Waals surface area contributed by atoms with Crippen LogP contribution in [0.3, 0.4) is 0 Å². The molecule has 0 aliphatic carbocycles. The first-order chi connectivity index (χ1) is 9.71. The molecule has 0 N–H and O–H groups in total. The highest BCUT2D eigenvalue weighted by Crippen LogP contribution is 2.20. The van der Waals surface area contributed by atoms with Crippen LogP contribution in [-0.2, 0) is 23.8 Å². The molecule has 20 heavy (non-hydrogen) atoms. The largest absolute Gasteiger partial charge is 0.327 e. The van der Waals surface area contributed by atoms with Crippen molar-refractivity contribution < 1.29 is 4.21 Å². The molecule has 2 rings (SSSR count). The van der Waals surface area contributed by atoms with Gasteiger partial charge >= 0.3 is 0 Å². The van der Waals surface area contributed by atoms with Gasteiger partial charge in [0.25, 0.3) is 0 Å². The number of para-hydroxylation sites is 1. The number of rotatable bonds is 6. The van der Waals surface area contributed by atoms with Crippen molar-refractivity contribution in [2.75, 3.05) is 17.4 Å². The van der Waals surface area contributed by atoms with E-state index in [0.29, 0.717) is 41.4 Å². The highest BCUT2D eigenvalue weighted by atomic mass is 35.5. The van der Waals surface area contributed by atoms with Crippen LogP contribution in [0.4, 0.5) is 0 Å². The molecule has 1 heterocycles. The second-order valence-corrected chi connectivity index (χ2v) is 6.58. The Bertz CT molecular complexity index is 675. The summed E-state index contributed by atoms with van der Waals surface area (Å²) in [6.07, 6.45) is 0.639. The summed E-state index contributed by atoms with van der Waals surface area (Å²) in [4.78, 5) is 4.53. The van der Waals surface area contributed by atoms with Gasteiger partial charge in [-0.1, -0.05) is 13.0 Å². The summed E-state index contributed by atoms with van der Waals surface area (Å²) in [7, 11) is -0.820. The van der Waals surface area contributed by atoms with Gasteiger partial charge in [0.1, 0.15) is 17.4 Å². The lowest BCUT2D eigenvalue weighted by Gasteiger charge is -2.07. The maximum absolute atomic E-state index is 11.6. The Morgan fingerprint density at radius 2 is 2.30 bits per heavy atom. The first-order valence-electron chi connectivity index (χ1n) is 6.50. The van der Waals surface area contributed by atoms with Crippen molar-refractivity contribution in [2.24, 2.45) is 0 Å². The second-order valence-electron chi connectivity index (χ2n) is 4.34. The van der Waals surface area contributed by atoms with Crippen molar-refractivity contribution >= 4 is 33.4 Å². The number of halogens is 1. The number of aryl methyl sites for hydroxylation is 2. The summed E-state index contributed by atoms with van der Waals surface area (Å²) in [6.45, 7) is 2.55. The highest BCUT2D eigenvalue weighted by Gasteiger charge is 2.13. The Morgan fingerprint density at radius 3 is 2.95 bits per heavy atom. The standard InChI is InChI=1S/C14H16ClN3OS/c1-2-20(19)9-8-18-12-5-3-4-11(10-16)14(12)17-13(18)6-7-15/h3-5H,2,6-9H2,1H3. The molecule has 106 valence electrons. The van der Waals surface area contributed by atoms with E-state index in [0.717, 1.165) is 11.3 Å². The number of alkyl halides is 1. The predicted molar refractivity (Wildman–Crippen MR) is 82.4 cm³/mol. The van der Waals surface area contributed by atoms with Crippen molar-refractivity contribution in [3.05, 3.63) is 29.6 Å². The monoisotopic (exact) mass is 309 g/mol. The zero-order valence-electron chi connectivity index (χ0n) is 11.3.